The smallest absolute Gasteiger partial charge is 0.326 e. The number of amides is 3. The molecule has 10 heteroatoms. The van der Waals surface area contributed by atoms with Crippen LogP contribution < -0.4 is 21.3 Å². The third-order valence-electron chi connectivity index (χ3n) is 3.86. The number of carboxylic acids is 1. The van der Waals surface area contributed by atoms with E-state index in [4.69, 9.17) is 5.11 Å². The molecule has 0 aliphatic carbocycles. The lowest BCUT2D eigenvalue weighted by molar-refractivity contribution is -0.143. The van der Waals surface area contributed by atoms with Crippen molar-refractivity contribution in [1.29, 1.82) is 0 Å². The maximum atomic E-state index is 12.0. The summed E-state index contributed by atoms with van der Waals surface area (Å²) in [5.74, 6) is -3.27. The van der Waals surface area contributed by atoms with Gasteiger partial charge in [-0.05, 0) is 25.3 Å². The Hall–Kier alpha value is -2.20. The summed E-state index contributed by atoms with van der Waals surface area (Å²) in [6.07, 6.45) is 1.51. The molecule has 0 spiro atoms. The third kappa shape index (κ3) is 6.67. The third-order valence-corrected chi connectivity index (χ3v) is 3.86. The first-order valence-corrected chi connectivity index (χ1v) is 8.20. The van der Waals surface area contributed by atoms with E-state index in [1.165, 1.54) is 0 Å². The van der Waals surface area contributed by atoms with Gasteiger partial charge in [-0.3, -0.25) is 14.4 Å². The fraction of sp³-hybridized carbons (Fsp3) is 0.733. The van der Waals surface area contributed by atoms with Crippen molar-refractivity contribution in [2.75, 3.05) is 19.7 Å². The second-order valence-electron chi connectivity index (χ2n) is 6.24. The number of nitrogens with one attached hydrogen (secondary N) is 4. The predicted molar refractivity (Wildman–Crippen MR) is 87.5 cm³/mol. The SMILES string of the molecule is CC(C)C(NC(=O)CNC(=O)C(CO)NC(=O)C1CCCN1)C(=O)O. The molecule has 142 valence electrons. The minimum Gasteiger partial charge on any atom is -0.480 e. The Morgan fingerprint density at radius 1 is 1.20 bits per heavy atom. The summed E-state index contributed by atoms with van der Waals surface area (Å²) in [5, 5.41) is 28.2. The molecule has 0 saturated carbocycles. The van der Waals surface area contributed by atoms with Crippen molar-refractivity contribution in [1.82, 2.24) is 21.3 Å². The maximum Gasteiger partial charge on any atom is 0.326 e. The lowest BCUT2D eigenvalue weighted by atomic mass is 10.1. The standard InChI is InChI=1S/C15H26N4O6/c1-8(2)12(15(24)25)19-11(21)6-17-13(22)10(7-20)18-14(23)9-4-3-5-16-9/h8-10,12,16,20H,3-7H2,1-2H3,(H,17,22)(H,18,23)(H,19,21)(H,24,25). The van der Waals surface area contributed by atoms with Crippen molar-refractivity contribution >= 4 is 23.7 Å². The Balaban J connectivity index is 2.45. The molecule has 25 heavy (non-hydrogen) atoms. The summed E-state index contributed by atoms with van der Waals surface area (Å²) in [4.78, 5) is 46.7. The highest BCUT2D eigenvalue weighted by Crippen LogP contribution is 2.05. The minimum absolute atomic E-state index is 0.319. The van der Waals surface area contributed by atoms with Crippen LogP contribution >= 0.6 is 0 Å². The molecule has 0 aromatic carbocycles. The normalized spacial score (nSPS) is 19.1. The number of rotatable bonds is 9. The first kappa shape index (κ1) is 20.8. The highest BCUT2D eigenvalue weighted by atomic mass is 16.4. The van der Waals surface area contributed by atoms with Crippen molar-refractivity contribution in [3.63, 3.8) is 0 Å². The van der Waals surface area contributed by atoms with E-state index in [0.29, 0.717) is 6.42 Å². The molecule has 0 bridgehead atoms. The molecule has 1 heterocycles. The Labute approximate surface area is 145 Å². The molecule has 3 unspecified atom stereocenters. The lowest BCUT2D eigenvalue weighted by Gasteiger charge is -2.20. The van der Waals surface area contributed by atoms with Gasteiger partial charge in [0.25, 0.3) is 0 Å². The topological polar surface area (TPSA) is 157 Å². The van der Waals surface area contributed by atoms with Crippen molar-refractivity contribution in [3.05, 3.63) is 0 Å². The van der Waals surface area contributed by atoms with Gasteiger partial charge in [-0.2, -0.15) is 0 Å². The lowest BCUT2D eigenvalue weighted by Crippen LogP contribution is -2.55. The van der Waals surface area contributed by atoms with Crippen LogP contribution in [0.5, 0.6) is 0 Å². The number of aliphatic hydroxyl groups is 1. The molecule has 6 N–H and O–H groups in total. The Morgan fingerprint density at radius 3 is 2.36 bits per heavy atom. The highest BCUT2D eigenvalue weighted by molar-refractivity contribution is 5.92. The van der Waals surface area contributed by atoms with Gasteiger partial charge in [0, 0.05) is 0 Å². The van der Waals surface area contributed by atoms with E-state index < -0.39 is 49.1 Å². The van der Waals surface area contributed by atoms with Gasteiger partial charge in [0.15, 0.2) is 0 Å². The molecule has 1 rings (SSSR count). The predicted octanol–water partition coefficient (Wildman–Crippen LogP) is -2.44. The first-order chi connectivity index (χ1) is 11.8. The zero-order valence-electron chi connectivity index (χ0n) is 14.4. The van der Waals surface area contributed by atoms with Crippen molar-refractivity contribution in [3.8, 4) is 0 Å². The molecule has 3 atom stereocenters. The van der Waals surface area contributed by atoms with Crippen LogP contribution in [0.3, 0.4) is 0 Å². The van der Waals surface area contributed by atoms with Gasteiger partial charge in [0.2, 0.25) is 17.7 Å². The molecule has 1 fully saturated rings. The minimum atomic E-state index is -1.18. The van der Waals surface area contributed by atoms with E-state index in [9.17, 15) is 24.3 Å². The molecule has 0 aromatic heterocycles. The summed E-state index contributed by atoms with van der Waals surface area (Å²) < 4.78 is 0. The van der Waals surface area contributed by atoms with Gasteiger partial charge in [0.1, 0.15) is 12.1 Å². The summed E-state index contributed by atoms with van der Waals surface area (Å²) in [5.41, 5.74) is 0. The number of aliphatic carboxylic acids is 1. The fourth-order valence-corrected chi connectivity index (χ4v) is 2.40. The summed E-state index contributed by atoms with van der Waals surface area (Å²) >= 11 is 0. The number of hydrogen-bond donors (Lipinski definition) is 6. The molecule has 10 nitrogen and oxygen atoms in total. The van der Waals surface area contributed by atoms with Gasteiger partial charge >= 0.3 is 5.97 Å². The van der Waals surface area contributed by atoms with Gasteiger partial charge in [-0.15, -0.1) is 0 Å². The molecule has 1 aliphatic heterocycles. The van der Waals surface area contributed by atoms with E-state index in [-0.39, 0.29) is 11.8 Å². The summed E-state index contributed by atoms with van der Waals surface area (Å²) in [6.45, 7) is 2.94. The van der Waals surface area contributed by atoms with Crippen LogP contribution in [0.2, 0.25) is 0 Å². The van der Waals surface area contributed by atoms with E-state index in [1.807, 2.05) is 0 Å². The van der Waals surface area contributed by atoms with Crippen LogP contribution in [0, 0.1) is 5.92 Å². The summed E-state index contributed by atoms with van der Waals surface area (Å²) in [7, 11) is 0. The zero-order valence-corrected chi connectivity index (χ0v) is 14.4. The van der Waals surface area contributed by atoms with Crippen LogP contribution in [0.15, 0.2) is 0 Å². The van der Waals surface area contributed by atoms with E-state index in [1.54, 1.807) is 13.8 Å². The van der Waals surface area contributed by atoms with Gasteiger partial charge in [-0.25, -0.2) is 4.79 Å². The highest BCUT2D eigenvalue weighted by Gasteiger charge is 2.28. The Morgan fingerprint density at radius 2 is 1.88 bits per heavy atom. The number of carbonyl (C=O) groups excluding carboxylic acids is 3. The average molecular weight is 358 g/mol. The average Bonchev–Trinajstić information content (AvgIpc) is 3.09. The van der Waals surface area contributed by atoms with Crippen LogP contribution in [-0.2, 0) is 19.2 Å². The number of carboxylic acid groups (broad SMARTS) is 1. The monoisotopic (exact) mass is 358 g/mol. The quantitative estimate of drug-likeness (QED) is 0.267. The first-order valence-electron chi connectivity index (χ1n) is 8.20. The molecule has 3 amide bonds. The Kier molecular flexibility index (Phi) is 8.29. The second kappa shape index (κ2) is 9.94. The van der Waals surface area contributed by atoms with Crippen LogP contribution in [-0.4, -0.2) is 71.7 Å². The van der Waals surface area contributed by atoms with Crippen LogP contribution in [0.1, 0.15) is 26.7 Å². The molecule has 1 saturated heterocycles. The number of hydrogen-bond acceptors (Lipinski definition) is 6. The molecular formula is C15H26N4O6. The molecule has 0 aromatic rings. The van der Waals surface area contributed by atoms with E-state index in [2.05, 4.69) is 21.3 Å². The van der Waals surface area contributed by atoms with Gasteiger partial charge < -0.3 is 31.5 Å². The second-order valence-corrected chi connectivity index (χ2v) is 6.24. The Bertz CT molecular complexity index is 504. The van der Waals surface area contributed by atoms with Crippen LogP contribution in [0.25, 0.3) is 0 Å². The molecule has 1 aliphatic rings. The zero-order chi connectivity index (χ0) is 19.0. The number of aliphatic hydroxyl groups excluding tert-OH is 1. The maximum absolute atomic E-state index is 12.0. The fourth-order valence-electron chi connectivity index (χ4n) is 2.40. The number of carbonyl (C=O) groups is 4. The van der Waals surface area contributed by atoms with Gasteiger partial charge in [0.05, 0.1) is 19.2 Å². The van der Waals surface area contributed by atoms with E-state index in [0.717, 1.165) is 13.0 Å². The van der Waals surface area contributed by atoms with Gasteiger partial charge in [-0.1, -0.05) is 13.8 Å². The molecular weight excluding hydrogens is 332 g/mol. The largest absolute Gasteiger partial charge is 0.480 e. The van der Waals surface area contributed by atoms with Crippen molar-refractivity contribution in [2.24, 2.45) is 5.92 Å². The molecule has 0 radical (unpaired) electrons. The van der Waals surface area contributed by atoms with Crippen molar-refractivity contribution in [2.45, 2.75) is 44.8 Å². The summed E-state index contributed by atoms with van der Waals surface area (Å²) in [6, 6.07) is -2.64. The van der Waals surface area contributed by atoms with E-state index >= 15 is 0 Å². The van der Waals surface area contributed by atoms with Crippen LogP contribution in [0.4, 0.5) is 0 Å². The van der Waals surface area contributed by atoms with Crippen molar-refractivity contribution < 1.29 is 29.4 Å².